The van der Waals surface area contributed by atoms with Crippen LogP contribution in [0.15, 0.2) is 18.2 Å². The highest BCUT2D eigenvalue weighted by Gasteiger charge is 2.03. The van der Waals surface area contributed by atoms with Gasteiger partial charge in [-0.3, -0.25) is 0 Å². The number of phenolic OH excluding ortho intramolecular Hbond substituents is 1. The van der Waals surface area contributed by atoms with E-state index in [9.17, 15) is 5.11 Å². The lowest BCUT2D eigenvalue weighted by molar-refractivity contribution is 0.373. The highest BCUT2D eigenvalue weighted by Crippen LogP contribution is 2.25. The van der Waals surface area contributed by atoms with Crippen LogP contribution < -0.4 is 15.4 Å². The lowest BCUT2D eigenvalue weighted by Gasteiger charge is -2.11. The third-order valence-electron chi connectivity index (χ3n) is 3.01. The topological polar surface area (TPSA) is 53.5 Å². The second-order valence-electron chi connectivity index (χ2n) is 4.68. The first-order valence-electron chi connectivity index (χ1n) is 7.05. The van der Waals surface area contributed by atoms with Crippen LogP contribution in [0.1, 0.15) is 38.2 Å². The summed E-state index contributed by atoms with van der Waals surface area (Å²) >= 11 is 5.20. The smallest absolute Gasteiger partial charge is 0.166 e. The Balaban J connectivity index is 2.25. The summed E-state index contributed by atoms with van der Waals surface area (Å²) in [6.45, 7) is 3.68. The van der Waals surface area contributed by atoms with Crippen LogP contribution in [0.2, 0.25) is 0 Å². The summed E-state index contributed by atoms with van der Waals surface area (Å²) in [7, 11) is 1.53. The second-order valence-corrected chi connectivity index (χ2v) is 5.08. The van der Waals surface area contributed by atoms with E-state index < -0.39 is 0 Å². The predicted octanol–water partition coefficient (Wildman–Crippen LogP) is 2.95. The molecule has 0 saturated heterocycles. The predicted molar refractivity (Wildman–Crippen MR) is 86.2 cm³/mol. The average molecular weight is 296 g/mol. The molecule has 5 heteroatoms. The van der Waals surface area contributed by atoms with Gasteiger partial charge in [0, 0.05) is 13.1 Å². The maximum Gasteiger partial charge on any atom is 0.166 e. The number of rotatable bonds is 8. The Morgan fingerprint density at radius 2 is 2.05 bits per heavy atom. The van der Waals surface area contributed by atoms with Gasteiger partial charge in [0.05, 0.1) is 7.11 Å². The molecule has 1 rings (SSSR count). The van der Waals surface area contributed by atoms with Crippen molar-refractivity contribution in [3.05, 3.63) is 23.8 Å². The molecule has 3 N–H and O–H groups in total. The number of hydrogen-bond donors (Lipinski definition) is 3. The monoisotopic (exact) mass is 296 g/mol. The highest BCUT2D eigenvalue weighted by atomic mass is 32.1. The van der Waals surface area contributed by atoms with Gasteiger partial charge < -0.3 is 20.5 Å². The minimum absolute atomic E-state index is 0.144. The number of unbranched alkanes of at least 4 members (excludes halogenated alkanes) is 3. The summed E-state index contributed by atoms with van der Waals surface area (Å²) in [4.78, 5) is 0. The van der Waals surface area contributed by atoms with Gasteiger partial charge in [-0.1, -0.05) is 32.3 Å². The first-order chi connectivity index (χ1) is 9.67. The third kappa shape index (κ3) is 6.10. The number of benzene rings is 1. The fourth-order valence-electron chi connectivity index (χ4n) is 1.84. The largest absolute Gasteiger partial charge is 0.504 e. The molecule has 0 aliphatic carbocycles. The van der Waals surface area contributed by atoms with Gasteiger partial charge in [0.25, 0.3) is 0 Å². The van der Waals surface area contributed by atoms with E-state index in [1.807, 2.05) is 6.07 Å². The van der Waals surface area contributed by atoms with E-state index in [0.29, 0.717) is 17.4 Å². The normalized spacial score (nSPS) is 10.1. The molecular formula is C15H24N2O2S. The number of aromatic hydroxyl groups is 1. The van der Waals surface area contributed by atoms with Gasteiger partial charge in [0.15, 0.2) is 16.6 Å². The number of ether oxygens (including phenoxy) is 1. The Hall–Kier alpha value is -1.49. The van der Waals surface area contributed by atoms with Gasteiger partial charge in [0.1, 0.15) is 0 Å². The molecule has 0 atom stereocenters. The summed E-state index contributed by atoms with van der Waals surface area (Å²) in [6, 6.07) is 5.32. The molecular weight excluding hydrogens is 272 g/mol. The zero-order valence-corrected chi connectivity index (χ0v) is 13.1. The van der Waals surface area contributed by atoms with E-state index in [-0.39, 0.29) is 5.75 Å². The lowest BCUT2D eigenvalue weighted by Crippen LogP contribution is -2.35. The summed E-state index contributed by atoms with van der Waals surface area (Å²) in [5, 5.41) is 16.6. The number of methoxy groups -OCH3 is 1. The third-order valence-corrected chi connectivity index (χ3v) is 3.30. The molecule has 0 heterocycles. The van der Waals surface area contributed by atoms with E-state index in [4.69, 9.17) is 17.0 Å². The Morgan fingerprint density at radius 1 is 1.25 bits per heavy atom. The number of thiocarbonyl (C=S) groups is 1. The van der Waals surface area contributed by atoms with Crippen molar-refractivity contribution in [2.45, 2.75) is 39.2 Å². The quantitative estimate of drug-likeness (QED) is 0.509. The average Bonchev–Trinajstić information content (AvgIpc) is 2.45. The van der Waals surface area contributed by atoms with Crippen LogP contribution in [0.3, 0.4) is 0 Å². The van der Waals surface area contributed by atoms with Crippen molar-refractivity contribution in [1.29, 1.82) is 0 Å². The first kappa shape index (κ1) is 16.6. The van der Waals surface area contributed by atoms with Crippen molar-refractivity contribution >= 4 is 17.3 Å². The van der Waals surface area contributed by atoms with E-state index in [2.05, 4.69) is 17.6 Å². The van der Waals surface area contributed by atoms with E-state index in [0.717, 1.165) is 18.5 Å². The van der Waals surface area contributed by atoms with Crippen molar-refractivity contribution in [2.24, 2.45) is 0 Å². The van der Waals surface area contributed by atoms with Gasteiger partial charge in [-0.2, -0.15) is 0 Å². The highest BCUT2D eigenvalue weighted by molar-refractivity contribution is 7.80. The fraction of sp³-hybridized carbons (Fsp3) is 0.533. The Labute approximate surface area is 126 Å². The van der Waals surface area contributed by atoms with Crippen LogP contribution in [0.25, 0.3) is 0 Å². The molecule has 0 bridgehead atoms. The van der Waals surface area contributed by atoms with Gasteiger partial charge in [-0.05, 0) is 36.3 Å². The first-order valence-corrected chi connectivity index (χ1v) is 7.45. The number of hydrogen-bond acceptors (Lipinski definition) is 3. The van der Waals surface area contributed by atoms with Gasteiger partial charge >= 0.3 is 0 Å². The van der Waals surface area contributed by atoms with Gasteiger partial charge in [-0.25, -0.2) is 0 Å². The fourth-order valence-corrected chi connectivity index (χ4v) is 2.02. The van der Waals surface area contributed by atoms with E-state index in [1.54, 1.807) is 12.1 Å². The van der Waals surface area contributed by atoms with Crippen LogP contribution in [-0.4, -0.2) is 23.9 Å². The SMILES string of the molecule is CCCCCCNC(=S)NCc1ccc(OC)c(O)c1. The summed E-state index contributed by atoms with van der Waals surface area (Å²) < 4.78 is 5.00. The Morgan fingerprint density at radius 3 is 2.70 bits per heavy atom. The maximum absolute atomic E-state index is 9.68. The molecule has 112 valence electrons. The molecule has 0 radical (unpaired) electrons. The molecule has 0 spiro atoms. The number of phenols is 1. The van der Waals surface area contributed by atoms with Crippen LogP contribution in [-0.2, 0) is 6.54 Å². The van der Waals surface area contributed by atoms with Crippen molar-refractivity contribution in [1.82, 2.24) is 10.6 Å². The van der Waals surface area contributed by atoms with Crippen LogP contribution in [0, 0.1) is 0 Å². The molecule has 0 aliphatic heterocycles. The molecule has 4 nitrogen and oxygen atoms in total. The minimum Gasteiger partial charge on any atom is -0.504 e. The maximum atomic E-state index is 9.68. The number of nitrogens with one attached hydrogen (secondary N) is 2. The molecule has 20 heavy (non-hydrogen) atoms. The van der Waals surface area contributed by atoms with Crippen LogP contribution in [0.4, 0.5) is 0 Å². The molecule has 0 aliphatic rings. The molecule has 0 fully saturated rings. The Bertz CT molecular complexity index is 424. The molecule has 1 aromatic carbocycles. The van der Waals surface area contributed by atoms with Crippen molar-refractivity contribution in [3.63, 3.8) is 0 Å². The zero-order valence-electron chi connectivity index (χ0n) is 12.2. The van der Waals surface area contributed by atoms with Crippen molar-refractivity contribution < 1.29 is 9.84 Å². The Kier molecular flexibility index (Phi) is 7.80. The van der Waals surface area contributed by atoms with E-state index in [1.165, 1.54) is 26.4 Å². The molecule has 0 saturated carbocycles. The molecule has 0 aromatic heterocycles. The minimum atomic E-state index is 0.144. The summed E-state index contributed by atoms with van der Waals surface area (Å²) in [6.07, 6.45) is 4.88. The lowest BCUT2D eigenvalue weighted by atomic mass is 10.2. The molecule has 0 amide bonds. The van der Waals surface area contributed by atoms with Crippen LogP contribution in [0.5, 0.6) is 11.5 Å². The van der Waals surface area contributed by atoms with Crippen molar-refractivity contribution in [2.75, 3.05) is 13.7 Å². The van der Waals surface area contributed by atoms with Crippen molar-refractivity contribution in [3.8, 4) is 11.5 Å². The van der Waals surface area contributed by atoms with Crippen LogP contribution >= 0.6 is 12.2 Å². The summed E-state index contributed by atoms with van der Waals surface area (Å²) in [5.41, 5.74) is 0.957. The second kappa shape index (κ2) is 9.42. The zero-order chi connectivity index (χ0) is 14.8. The van der Waals surface area contributed by atoms with E-state index >= 15 is 0 Å². The van der Waals surface area contributed by atoms with Gasteiger partial charge in [0.2, 0.25) is 0 Å². The standard InChI is InChI=1S/C15H24N2O2S/c1-3-4-5-6-9-16-15(20)17-11-12-7-8-14(19-2)13(18)10-12/h7-8,10,18H,3-6,9,11H2,1-2H3,(H2,16,17,20). The molecule has 1 aromatic rings. The summed E-state index contributed by atoms with van der Waals surface area (Å²) in [5.74, 6) is 0.621. The van der Waals surface area contributed by atoms with Gasteiger partial charge in [-0.15, -0.1) is 0 Å². The molecule has 0 unspecified atom stereocenters.